The number of rotatable bonds is 12. The van der Waals surface area contributed by atoms with Crippen LogP contribution in [0.2, 0.25) is 20.1 Å². The minimum absolute atomic E-state index is 0.00949. The molecule has 194 valence electrons. The van der Waals surface area contributed by atoms with Crippen LogP contribution in [-0.2, 0) is 20.9 Å². The van der Waals surface area contributed by atoms with Gasteiger partial charge in [0.2, 0.25) is 11.8 Å². The highest BCUT2D eigenvalue weighted by atomic mass is 35.5. The number of nitrogens with zero attached hydrogens (tertiary/aromatic N) is 2. The molecule has 0 unspecified atom stereocenters. The average molecular weight is 578 g/mol. The highest BCUT2D eigenvalue weighted by Gasteiger charge is 2.30. The molecule has 0 aromatic heterocycles. The van der Waals surface area contributed by atoms with Crippen LogP contribution in [0.4, 0.5) is 5.69 Å². The highest BCUT2D eigenvalue weighted by Crippen LogP contribution is 2.25. The lowest BCUT2D eigenvalue weighted by Gasteiger charge is -2.29. The van der Waals surface area contributed by atoms with Gasteiger partial charge in [-0.05, 0) is 54.8 Å². The van der Waals surface area contributed by atoms with Gasteiger partial charge in [0.05, 0.1) is 10.0 Å². The van der Waals surface area contributed by atoms with Crippen LogP contribution in [0, 0.1) is 0 Å². The Morgan fingerprint density at radius 1 is 1.00 bits per heavy atom. The molecule has 2 rings (SSSR count). The molecule has 0 aliphatic heterocycles. The number of aliphatic imine (C=N–C) groups is 1. The van der Waals surface area contributed by atoms with E-state index in [-0.39, 0.29) is 36.9 Å². The Balaban J connectivity index is 2.19. The zero-order valence-corrected chi connectivity index (χ0v) is 21.8. The summed E-state index contributed by atoms with van der Waals surface area (Å²) in [6, 6.07) is 7.85. The fourth-order valence-electron chi connectivity index (χ4n) is 3.12. The molecule has 2 aromatic carbocycles. The average Bonchev–Trinajstić information content (AvgIpc) is 2.76. The molecular weight excluding hydrogens is 554 g/mol. The van der Waals surface area contributed by atoms with E-state index in [1.807, 2.05) is 0 Å². The minimum atomic E-state index is -1.32. The van der Waals surface area contributed by atoms with Gasteiger partial charge in [0, 0.05) is 28.8 Å². The maximum atomic E-state index is 13.1. The molecule has 10 nitrogen and oxygen atoms in total. The third kappa shape index (κ3) is 9.71. The summed E-state index contributed by atoms with van der Waals surface area (Å²) in [6.07, 6.45) is -0.379. The summed E-state index contributed by atoms with van der Waals surface area (Å²) in [7, 11) is 0. The SMILES string of the molecule is NC(N)=NCCC[C@@H](C(=O)O)N(NCc1cc(Cl)cc(Cl)c1)C(=O)CC(=O)Nc1ccc(Cl)c(Cl)c1. The number of carbonyl (C=O) groups excluding carboxylic acids is 2. The normalized spacial score (nSPS) is 11.4. The van der Waals surface area contributed by atoms with Gasteiger partial charge >= 0.3 is 5.97 Å². The summed E-state index contributed by atoms with van der Waals surface area (Å²) in [4.78, 5) is 41.5. The Bertz CT molecular complexity index is 1120. The number of benzene rings is 2. The van der Waals surface area contributed by atoms with Gasteiger partial charge < -0.3 is 21.9 Å². The van der Waals surface area contributed by atoms with Crippen LogP contribution < -0.4 is 22.2 Å². The van der Waals surface area contributed by atoms with Crippen molar-refractivity contribution in [3.05, 3.63) is 62.1 Å². The molecule has 0 fully saturated rings. The third-order valence-electron chi connectivity index (χ3n) is 4.69. The number of guanidine groups is 1. The second kappa shape index (κ2) is 14.1. The van der Waals surface area contributed by atoms with Gasteiger partial charge in [-0.3, -0.25) is 19.6 Å². The molecule has 36 heavy (non-hydrogen) atoms. The molecular formula is C22H24Cl4N6O4. The second-order valence-corrected chi connectivity index (χ2v) is 9.22. The summed E-state index contributed by atoms with van der Waals surface area (Å²) in [5.74, 6) is -2.88. The van der Waals surface area contributed by atoms with Crippen LogP contribution in [0.5, 0.6) is 0 Å². The predicted octanol–water partition coefficient (Wildman–Crippen LogP) is 3.67. The number of aliphatic carboxylic acids is 1. The van der Waals surface area contributed by atoms with E-state index in [0.717, 1.165) is 5.01 Å². The smallest absolute Gasteiger partial charge is 0.328 e. The highest BCUT2D eigenvalue weighted by molar-refractivity contribution is 6.42. The predicted molar refractivity (Wildman–Crippen MR) is 141 cm³/mol. The largest absolute Gasteiger partial charge is 0.480 e. The molecule has 0 aliphatic rings. The number of halogens is 4. The van der Waals surface area contributed by atoms with E-state index in [2.05, 4.69) is 15.7 Å². The number of carboxylic acids is 1. The Kier molecular flexibility index (Phi) is 11.5. The number of nitrogens with two attached hydrogens (primary N) is 2. The second-order valence-electron chi connectivity index (χ2n) is 7.53. The molecule has 7 N–H and O–H groups in total. The lowest BCUT2D eigenvalue weighted by atomic mass is 10.1. The monoisotopic (exact) mass is 576 g/mol. The van der Waals surface area contributed by atoms with Gasteiger partial charge in [-0.2, -0.15) is 0 Å². The van der Waals surface area contributed by atoms with Gasteiger partial charge in [0.25, 0.3) is 0 Å². The van der Waals surface area contributed by atoms with E-state index < -0.39 is 30.2 Å². The molecule has 0 spiro atoms. The maximum absolute atomic E-state index is 13.1. The van der Waals surface area contributed by atoms with Crippen molar-refractivity contribution in [2.45, 2.75) is 31.8 Å². The molecule has 0 saturated heterocycles. The standard InChI is InChI=1S/C22H24Cl4N6O4/c23-13-6-12(7-14(24)8-13)11-30-32(18(21(35)36)2-1-5-29-22(27)28)20(34)10-19(33)31-15-3-4-16(25)17(26)9-15/h3-4,6-9,18,30H,1-2,5,10-11H2,(H,31,33)(H,35,36)(H4,27,28,29)/t18-/m0/s1. The van der Waals surface area contributed by atoms with Crippen molar-refractivity contribution in [1.29, 1.82) is 0 Å². The van der Waals surface area contributed by atoms with E-state index in [4.69, 9.17) is 57.9 Å². The van der Waals surface area contributed by atoms with Crippen LogP contribution in [0.1, 0.15) is 24.8 Å². The fraction of sp³-hybridized carbons (Fsp3) is 0.273. The molecule has 2 aromatic rings. The number of hydrogen-bond donors (Lipinski definition) is 5. The molecule has 14 heteroatoms. The molecule has 1 atom stereocenters. The number of carbonyl (C=O) groups is 3. The summed E-state index contributed by atoms with van der Waals surface area (Å²) < 4.78 is 0. The third-order valence-corrected chi connectivity index (χ3v) is 5.86. The van der Waals surface area contributed by atoms with Crippen molar-refractivity contribution >= 4 is 75.8 Å². The van der Waals surface area contributed by atoms with Crippen molar-refractivity contribution in [1.82, 2.24) is 10.4 Å². The van der Waals surface area contributed by atoms with Crippen molar-refractivity contribution in [2.75, 3.05) is 11.9 Å². The van der Waals surface area contributed by atoms with E-state index in [1.54, 1.807) is 12.1 Å². The van der Waals surface area contributed by atoms with Crippen molar-refractivity contribution in [3.8, 4) is 0 Å². The first-order valence-electron chi connectivity index (χ1n) is 10.5. The first kappa shape index (κ1) is 29.5. The van der Waals surface area contributed by atoms with Gasteiger partial charge in [-0.25, -0.2) is 10.2 Å². The quantitative estimate of drug-likeness (QED) is 0.0844. The Hall–Kier alpha value is -2.76. The summed E-state index contributed by atoms with van der Waals surface area (Å²) in [6.45, 7) is 0.175. The maximum Gasteiger partial charge on any atom is 0.328 e. The van der Waals surface area contributed by atoms with Gasteiger partial charge in [0.1, 0.15) is 12.5 Å². The number of amides is 2. The van der Waals surface area contributed by atoms with Crippen LogP contribution in [-0.4, -0.2) is 46.4 Å². The van der Waals surface area contributed by atoms with Crippen molar-refractivity contribution < 1.29 is 19.5 Å². The summed E-state index contributed by atoms with van der Waals surface area (Å²) in [5, 5.41) is 14.5. The van der Waals surface area contributed by atoms with E-state index in [0.29, 0.717) is 26.3 Å². The first-order chi connectivity index (χ1) is 17.0. The topological polar surface area (TPSA) is 163 Å². The Labute approximate surface area is 227 Å². The van der Waals surface area contributed by atoms with Gasteiger partial charge in [-0.1, -0.05) is 46.4 Å². The summed E-state index contributed by atoms with van der Waals surface area (Å²) >= 11 is 23.9. The zero-order valence-electron chi connectivity index (χ0n) is 18.8. The number of carboxylic acid groups (broad SMARTS) is 1. The number of nitrogens with one attached hydrogen (secondary N) is 2. The molecule has 0 heterocycles. The number of anilines is 1. The molecule has 0 bridgehead atoms. The van der Waals surface area contributed by atoms with Gasteiger partial charge in [-0.15, -0.1) is 0 Å². The Morgan fingerprint density at radius 3 is 2.25 bits per heavy atom. The zero-order chi connectivity index (χ0) is 26.8. The van der Waals surface area contributed by atoms with E-state index in [1.165, 1.54) is 24.3 Å². The number of hydrazine groups is 1. The molecule has 0 radical (unpaired) electrons. The van der Waals surface area contributed by atoms with Crippen LogP contribution >= 0.6 is 46.4 Å². The molecule has 0 saturated carbocycles. The molecule has 0 aliphatic carbocycles. The molecule has 2 amide bonds. The van der Waals surface area contributed by atoms with Crippen LogP contribution in [0.25, 0.3) is 0 Å². The lowest BCUT2D eigenvalue weighted by molar-refractivity contribution is -0.154. The Morgan fingerprint density at radius 2 is 1.67 bits per heavy atom. The minimum Gasteiger partial charge on any atom is -0.480 e. The van der Waals surface area contributed by atoms with Gasteiger partial charge in [0.15, 0.2) is 5.96 Å². The number of hydrogen-bond acceptors (Lipinski definition) is 5. The summed E-state index contributed by atoms with van der Waals surface area (Å²) in [5.41, 5.74) is 14.3. The van der Waals surface area contributed by atoms with E-state index in [9.17, 15) is 19.5 Å². The fourth-order valence-corrected chi connectivity index (χ4v) is 3.99. The lowest BCUT2D eigenvalue weighted by Crippen LogP contribution is -2.53. The van der Waals surface area contributed by atoms with E-state index >= 15 is 0 Å². The van der Waals surface area contributed by atoms with Crippen LogP contribution in [0.15, 0.2) is 41.4 Å². The first-order valence-corrected chi connectivity index (χ1v) is 12.0. The van der Waals surface area contributed by atoms with Crippen molar-refractivity contribution in [2.24, 2.45) is 16.5 Å². The van der Waals surface area contributed by atoms with Crippen molar-refractivity contribution in [3.63, 3.8) is 0 Å². The van der Waals surface area contributed by atoms with Crippen LogP contribution in [0.3, 0.4) is 0 Å².